The zero-order valence-corrected chi connectivity index (χ0v) is 10.4. The number of ether oxygens (including phenoxy) is 2. The Balaban J connectivity index is 1.93. The van der Waals surface area contributed by atoms with Gasteiger partial charge in [0.05, 0.1) is 5.60 Å². The Labute approximate surface area is 102 Å². The van der Waals surface area contributed by atoms with E-state index in [1.165, 1.54) is 0 Å². The van der Waals surface area contributed by atoms with Crippen molar-refractivity contribution in [2.75, 3.05) is 32.2 Å². The van der Waals surface area contributed by atoms with Gasteiger partial charge in [0.2, 0.25) is 5.95 Å². The second-order valence-corrected chi connectivity index (χ2v) is 4.44. The molecule has 1 aliphatic rings. The minimum Gasteiger partial charge on any atom is -0.381 e. The number of methoxy groups -OCH3 is 1. The van der Waals surface area contributed by atoms with E-state index in [4.69, 9.17) is 9.47 Å². The normalized spacial score (nSPS) is 18.9. The van der Waals surface area contributed by atoms with Crippen molar-refractivity contribution in [1.82, 2.24) is 9.97 Å². The topological polar surface area (TPSA) is 56.3 Å². The summed E-state index contributed by atoms with van der Waals surface area (Å²) < 4.78 is 11.0. The van der Waals surface area contributed by atoms with Crippen LogP contribution in [0.3, 0.4) is 0 Å². The molecule has 1 saturated heterocycles. The maximum Gasteiger partial charge on any atom is 0.222 e. The fraction of sp³-hybridized carbons (Fsp3) is 0.667. The second-order valence-electron chi connectivity index (χ2n) is 4.44. The van der Waals surface area contributed by atoms with Crippen LogP contribution in [0.25, 0.3) is 0 Å². The quantitative estimate of drug-likeness (QED) is 0.857. The van der Waals surface area contributed by atoms with E-state index < -0.39 is 0 Å². The molecule has 0 radical (unpaired) electrons. The van der Waals surface area contributed by atoms with E-state index in [1.54, 1.807) is 19.5 Å². The van der Waals surface area contributed by atoms with Gasteiger partial charge in [-0.25, -0.2) is 9.97 Å². The van der Waals surface area contributed by atoms with Crippen molar-refractivity contribution in [3.8, 4) is 0 Å². The third-order valence-corrected chi connectivity index (χ3v) is 3.19. The van der Waals surface area contributed by atoms with Crippen molar-refractivity contribution in [2.45, 2.75) is 25.4 Å². The highest BCUT2D eigenvalue weighted by Crippen LogP contribution is 2.24. The summed E-state index contributed by atoms with van der Waals surface area (Å²) in [6, 6.07) is 0. The van der Waals surface area contributed by atoms with Crippen LogP contribution in [-0.2, 0) is 9.47 Å². The van der Waals surface area contributed by atoms with E-state index in [0.717, 1.165) is 38.2 Å². The highest BCUT2D eigenvalue weighted by atomic mass is 16.5. The molecule has 5 nitrogen and oxygen atoms in total. The van der Waals surface area contributed by atoms with Gasteiger partial charge in [0.15, 0.2) is 0 Å². The van der Waals surface area contributed by atoms with Crippen LogP contribution in [-0.4, -0.2) is 42.4 Å². The maximum absolute atomic E-state index is 5.63. The Hall–Kier alpha value is -1.20. The standard InChI is InChI=1S/C12H19N3O2/c1-10-7-13-11(14-8-10)15-9-12(16-2)3-5-17-6-4-12/h7-8H,3-6,9H2,1-2H3,(H,13,14,15). The zero-order valence-electron chi connectivity index (χ0n) is 10.4. The number of aromatic nitrogens is 2. The molecule has 1 fully saturated rings. The summed E-state index contributed by atoms with van der Waals surface area (Å²) in [5.74, 6) is 0.651. The van der Waals surface area contributed by atoms with Gasteiger partial charge in [-0.3, -0.25) is 0 Å². The van der Waals surface area contributed by atoms with E-state index in [1.807, 2.05) is 6.92 Å². The third kappa shape index (κ3) is 3.14. The van der Waals surface area contributed by atoms with Gasteiger partial charge in [-0.1, -0.05) is 0 Å². The van der Waals surface area contributed by atoms with Gasteiger partial charge in [0, 0.05) is 52.1 Å². The Bertz CT molecular complexity index is 347. The molecule has 2 heterocycles. The molecule has 2 rings (SSSR count). The van der Waals surface area contributed by atoms with Gasteiger partial charge in [-0.2, -0.15) is 0 Å². The summed E-state index contributed by atoms with van der Waals surface area (Å²) in [5.41, 5.74) is 0.912. The minimum absolute atomic E-state index is 0.146. The van der Waals surface area contributed by atoms with Gasteiger partial charge in [0.1, 0.15) is 0 Å². The molecule has 1 aromatic rings. The molecule has 0 bridgehead atoms. The first-order chi connectivity index (χ1) is 8.24. The molecule has 0 saturated carbocycles. The van der Waals surface area contributed by atoms with Crippen LogP contribution in [0.2, 0.25) is 0 Å². The summed E-state index contributed by atoms with van der Waals surface area (Å²) in [5, 5.41) is 3.23. The average Bonchev–Trinajstić information content (AvgIpc) is 2.39. The highest BCUT2D eigenvalue weighted by Gasteiger charge is 2.32. The Kier molecular flexibility index (Phi) is 3.91. The van der Waals surface area contributed by atoms with E-state index >= 15 is 0 Å². The molecule has 94 valence electrons. The van der Waals surface area contributed by atoms with Crippen LogP contribution < -0.4 is 5.32 Å². The Morgan fingerprint density at radius 1 is 1.35 bits per heavy atom. The molecule has 0 spiro atoms. The second kappa shape index (κ2) is 5.42. The van der Waals surface area contributed by atoms with Crippen molar-refractivity contribution < 1.29 is 9.47 Å². The van der Waals surface area contributed by atoms with E-state index in [9.17, 15) is 0 Å². The van der Waals surface area contributed by atoms with Crippen LogP contribution in [0.4, 0.5) is 5.95 Å². The van der Waals surface area contributed by atoms with Gasteiger partial charge >= 0.3 is 0 Å². The Morgan fingerprint density at radius 3 is 2.59 bits per heavy atom. The monoisotopic (exact) mass is 237 g/mol. The maximum atomic E-state index is 5.63. The number of anilines is 1. The molecule has 0 atom stereocenters. The third-order valence-electron chi connectivity index (χ3n) is 3.19. The van der Waals surface area contributed by atoms with Crippen molar-refractivity contribution in [3.63, 3.8) is 0 Å². The van der Waals surface area contributed by atoms with Crippen LogP contribution in [0.1, 0.15) is 18.4 Å². The van der Waals surface area contributed by atoms with Gasteiger partial charge in [-0.15, -0.1) is 0 Å². The molecule has 0 aromatic carbocycles. The molecular formula is C12H19N3O2. The molecule has 17 heavy (non-hydrogen) atoms. The number of hydrogen-bond donors (Lipinski definition) is 1. The molecule has 0 aliphatic carbocycles. The molecule has 1 aromatic heterocycles. The summed E-state index contributed by atoms with van der Waals surface area (Å²) in [4.78, 5) is 8.44. The highest BCUT2D eigenvalue weighted by molar-refractivity contribution is 5.25. The fourth-order valence-electron chi connectivity index (χ4n) is 1.92. The lowest BCUT2D eigenvalue weighted by molar-refractivity contribution is -0.0807. The van der Waals surface area contributed by atoms with Crippen LogP contribution >= 0.6 is 0 Å². The zero-order chi connectivity index (χ0) is 12.1. The fourth-order valence-corrected chi connectivity index (χ4v) is 1.92. The molecule has 5 heteroatoms. The summed E-state index contributed by atoms with van der Waals surface area (Å²) in [6.45, 7) is 4.20. The predicted molar refractivity (Wildman–Crippen MR) is 65.1 cm³/mol. The SMILES string of the molecule is COC1(CNc2ncc(C)cn2)CCOCC1. The average molecular weight is 237 g/mol. The lowest BCUT2D eigenvalue weighted by Crippen LogP contribution is -2.44. The van der Waals surface area contributed by atoms with Crippen molar-refractivity contribution in [3.05, 3.63) is 18.0 Å². The van der Waals surface area contributed by atoms with Crippen LogP contribution in [0, 0.1) is 6.92 Å². The summed E-state index contributed by atoms with van der Waals surface area (Å²) in [6.07, 6.45) is 5.42. The van der Waals surface area contributed by atoms with Crippen molar-refractivity contribution >= 4 is 5.95 Å². The lowest BCUT2D eigenvalue weighted by Gasteiger charge is -2.35. The van der Waals surface area contributed by atoms with Crippen LogP contribution in [0.15, 0.2) is 12.4 Å². The van der Waals surface area contributed by atoms with Crippen molar-refractivity contribution in [2.24, 2.45) is 0 Å². The van der Waals surface area contributed by atoms with Gasteiger partial charge in [0.25, 0.3) is 0 Å². The van der Waals surface area contributed by atoms with E-state index in [0.29, 0.717) is 5.95 Å². The minimum atomic E-state index is -0.146. The predicted octanol–water partition coefficient (Wildman–Crippen LogP) is 1.39. The number of nitrogens with zero attached hydrogens (tertiary/aromatic N) is 2. The summed E-state index contributed by atoms with van der Waals surface area (Å²) >= 11 is 0. The molecule has 1 N–H and O–H groups in total. The number of rotatable bonds is 4. The van der Waals surface area contributed by atoms with Gasteiger partial charge < -0.3 is 14.8 Å². The smallest absolute Gasteiger partial charge is 0.222 e. The summed E-state index contributed by atoms with van der Waals surface area (Å²) in [7, 11) is 1.75. The van der Waals surface area contributed by atoms with Gasteiger partial charge in [-0.05, 0) is 12.5 Å². The molecular weight excluding hydrogens is 218 g/mol. The van der Waals surface area contributed by atoms with E-state index in [-0.39, 0.29) is 5.60 Å². The molecule has 0 unspecified atom stereocenters. The van der Waals surface area contributed by atoms with Crippen LogP contribution in [0.5, 0.6) is 0 Å². The largest absolute Gasteiger partial charge is 0.381 e. The number of aryl methyl sites for hydroxylation is 1. The molecule has 0 amide bonds. The molecule has 1 aliphatic heterocycles. The first kappa shape index (κ1) is 12.3. The number of nitrogens with one attached hydrogen (secondary N) is 1. The first-order valence-corrected chi connectivity index (χ1v) is 5.89. The lowest BCUT2D eigenvalue weighted by atomic mass is 9.94. The van der Waals surface area contributed by atoms with E-state index in [2.05, 4.69) is 15.3 Å². The Morgan fingerprint density at radius 2 is 2.00 bits per heavy atom. The number of hydrogen-bond acceptors (Lipinski definition) is 5. The van der Waals surface area contributed by atoms with Crippen molar-refractivity contribution in [1.29, 1.82) is 0 Å². The first-order valence-electron chi connectivity index (χ1n) is 5.89.